The van der Waals surface area contributed by atoms with E-state index in [0.717, 1.165) is 11.3 Å². The van der Waals surface area contributed by atoms with Gasteiger partial charge in [0.15, 0.2) is 0 Å². The molecule has 0 fully saturated rings. The van der Waals surface area contributed by atoms with Gasteiger partial charge < -0.3 is 11.1 Å². The fraction of sp³-hybridized carbons (Fsp3) is 0.0556. The molecule has 0 atom stereocenters. The highest BCUT2D eigenvalue weighted by atomic mass is 16.1. The first kappa shape index (κ1) is 14.7. The lowest BCUT2D eigenvalue weighted by atomic mass is 10.1. The van der Waals surface area contributed by atoms with Crippen molar-refractivity contribution in [3.05, 3.63) is 78.0 Å². The van der Waals surface area contributed by atoms with Crippen molar-refractivity contribution in [3.63, 3.8) is 0 Å². The summed E-state index contributed by atoms with van der Waals surface area (Å²) in [6, 6.07) is 18.9. The second kappa shape index (κ2) is 6.70. The van der Waals surface area contributed by atoms with Crippen LogP contribution in [0.3, 0.4) is 0 Å². The average Bonchev–Trinajstić information content (AvgIpc) is 2.61. The number of carbonyl (C=O) groups is 1. The van der Waals surface area contributed by atoms with Crippen LogP contribution < -0.4 is 11.1 Å². The zero-order valence-electron chi connectivity index (χ0n) is 12.4. The molecule has 0 radical (unpaired) electrons. The fourth-order valence-electron chi connectivity index (χ4n) is 2.23. The number of nitrogens with zero attached hydrogens (tertiary/aromatic N) is 2. The summed E-state index contributed by atoms with van der Waals surface area (Å²) < 4.78 is 0. The van der Waals surface area contributed by atoms with Gasteiger partial charge in [-0.15, -0.1) is 0 Å². The Labute approximate surface area is 134 Å². The van der Waals surface area contributed by atoms with Crippen LogP contribution in [0.5, 0.6) is 0 Å². The number of anilines is 1. The number of pyridine rings is 2. The van der Waals surface area contributed by atoms with E-state index in [-0.39, 0.29) is 0 Å². The normalized spacial score (nSPS) is 10.3. The monoisotopic (exact) mass is 304 g/mol. The van der Waals surface area contributed by atoms with E-state index in [1.165, 1.54) is 0 Å². The quantitative estimate of drug-likeness (QED) is 0.759. The van der Waals surface area contributed by atoms with Crippen LogP contribution in [0.25, 0.3) is 11.4 Å². The molecule has 2 aromatic heterocycles. The van der Waals surface area contributed by atoms with Crippen LogP contribution in [-0.2, 0) is 6.54 Å². The number of benzene rings is 1. The maximum atomic E-state index is 11.6. The van der Waals surface area contributed by atoms with Crippen LogP contribution in [0.4, 0.5) is 5.82 Å². The molecule has 3 rings (SSSR count). The highest BCUT2D eigenvalue weighted by molar-refractivity contribution is 5.97. The molecule has 0 aliphatic heterocycles. The summed E-state index contributed by atoms with van der Waals surface area (Å²) in [7, 11) is 0. The Balaban J connectivity index is 1.91. The number of carbonyl (C=O) groups excluding carboxylic acids is 1. The number of rotatable bonds is 5. The third-order valence-corrected chi connectivity index (χ3v) is 3.39. The Bertz CT molecular complexity index is 804. The molecule has 1 aromatic carbocycles. The number of amides is 1. The molecule has 1 amide bonds. The average molecular weight is 304 g/mol. The number of nitrogens with one attached hydrogen (secondary N) is 1. The first-order valence-corrected chi connectivity index (χ1v) is 7.24. The molecule has 5 nitrogen and oxygen atoms in total. The third-order valence-electron chi connectivity index (χ3n) is 3.39. The van der Waals surface area contributed by atoms with Crippen molar-refractivity contribution < 1.29 is 4.79 Å². The Kier molecular flexibility index (Phi) is 4.29. The highest BCUT2D eigenvalue weighted by Gasteiger charge is 2.12. The molecule has 0 unspecified atom stereocenters. The van der Waals surface area contributed by atoms with E-state index in [2.05, 4.69) is 15.3 Å². The minimum absolute atomic E-state index is 0.362. The number of hydrogen-bond acceptors (Lipinski definition) is 4. The number of nitrogens with two attached hydrogens (primary N) is 1. The standard InChI is InChI=1S/C18H16N4O/c19-17(23)14-9-10-16(15-8-4-5-11-20-15)22-18(14)21-12-13-6-2-1-3-7-13/h1-11H,12H2,(H2,19,23)(H,21,22). The van der Waals surface area contributed by atoms with Crippen LogP contribution in [0.2, 0.25) is 0 Å². The molecular weight excluding hydrogens is 288 g/mol. The molecular formula is C18H16N4O. The predicted octanol–water partition coefficient (Wildman–Crippen LogP) is 2.85. The minimum atomic E-state index is -0.513. The lowest BCUT2D eigenvalue weighted by Crippen LogP contribution is -2.15. The van der Waals surface area contributed by atoms with E-state index >= 15 is 0 Å². The van der Waals surface area contributed by atoms with E-state index in [9.17, 15) is 4.79 Å². The number of hydrogen-bond donors (Lipinski definition) is 2. The topological polar surface area (TPSA) is 80.9 Å². The molecule has 0 aliphatic rings. The molecule has 23 heavy (non-hydrogen) atoms. The van der Waals surface area contributed by atoms with Crippen molar-refractivity contribution in [2.75, 3.05) is 5.32 Å². The molecule has 5 heteroatoms. The predicted molar refractivity (Wildman–Crippen MR) is 89.8 cm³/mol. The van der Waals surface area contributed by atoms with Crippen molar-refractivity contribution in [1.29, 1.82) is 0 Å². The third kappa shape index (κ3) is 3.52. The van der Waals surface area contributed by atoms with Gasteiger partial charge in [-0.2, -0.15) is 0 Å². The van der Waals surface area contributed by atoms with Gasteiger partial charge in [0.25, 0.3) is 5.91 Å². The molecule has 0 aliphatic carbocycles. The summed E-state index contributed by atoms with van der Waals surface area (Å²) in [6.07, 6.45) is 1.70. The van der Waals surface area contributed by atoms with Gasteiger partial charge in [0.1, 0.15) is 5.82 Å². The number of aromatic nitrogens is 2. The van der Waals surface area contributed by atoms with Gasteiger partial charge in [-0.1, -0.05) is 36.4 Å². The van der Waals surface area contributed by atoms with Crippen LogP contribution in [-0.4, -0.2) is 15.9 Å². The maximum Gasteiger partial charge on any atom is 0.252 e. The van der Waals surface area contributed by atoms with Crippen LogP contribution >= 0.6 is 0 Å². The summed E-state index contributed by atoms with van der Waals surface area (Å²) in [5.74, 6) is -0.0508. The van der Waals surface area contributed by atoms with Crippen molar-refractivity contribution >= 4 is 11.7 Å². The summed E-state index contributed by atoms with van der Waals surface area (Å²) in [5, 5.41) is 3.18. The van der Waals surface area contributed by atoms with Gasteiger partial charge in [-0.3, -0.25) is 9.78 Å². The largest absolute Gasteiger partial charge is 0.365 e. The zero-order valence-corrected chi connectivity index (χ0v) is 12.4. The Hall–Kier alpha value is -3.21. The van der Waals surface area contributed by atoms with Crippen molar-refractivity contribution in [3.8, 4) is 11.4 Å². The van der Waals surface area contributed by atoms with Gasteiger partial charge in [-0.25, -0.2) is 4.98 Å². The van der Waals surface area contributed by atoms with E-state index in [1.807, 2.05) is 48.5 Å². The molecule has 0 saturated heterocycles. The second-order valence-electron chi connectivity index (χ2n) is 5.01. The SMILES string of the molecule is NC(=O)c1ccc(-c2ccccn2)nc1NCc1ccccc1. The second-order valence-corrected chi connectivity index (χ2v) is 5.01. The first-order chi connectivity index (χ1) is 11.2. The van der Waals surface area contributed by atoms with E-state index in [4.69, 9.17) is 5.73 Å². The van der Waals surface area contributed by atoms with Crippen molar-refractivity contribution in [1.82, 2.24) is 9.97 Å². The van der Waals surface area contributed by atoms with Gasteiger partial charge in [0.05, 0.1) is 17.0 Å². The van der Waals surface area contributed by atoms with E-state index in [1.54, 1.807) is 18.3 Å². The van der Waals surface area contributed by atoms with E-state index < -0.39 is 5.91 Å². The molecule has 0 saturated carbocycles. The Morgan fingerprint density at radius 3 is 2.43 bits per heavy atom. The molecule has 3 aromatic rings. The minimum Gasteiger partial charge on any atom is -0.365 e. The van der Waals surface area contributed by atoms with Crippen LogP contribution in [0.1, 0.15) is 15.9 Å². The smallest absolute Gasteiger partial charge is 0.252 e. The van der Waals surface area contributed by atoms with Crippen LogP contribution in [0, 0.1) is 0 Å². The number of primary amides is 1. The summed E-state index contributed by atoms with van der Waals surface area (Å²) in [5.41, 5.74) is 8.32. The summed E-state index contributed by atoms with van der Waals surface area (Å²) in [4.78, 5) is 20.4. The lowest BCUT2D eigenvalue weighted by Gasteiger charge is -2.11. The Morgan fingerprint density at radius 1 is 0.957 bits per heavy atom. The van der Waals surface area contributed by atoms with Gasteiger partial charge in [0.2, 0.25) is 0 Å². The summed E-state index contributed by atoms with van der Waals surface area (Å²) in [6.45, 7) is 0.555. The van der Waals surface area contributed by atoms with Gasteiger partial charge in [0, 0.05) is 12.7 Å². The van der Waals surface area contributed by atoms with Gasteiger partial charge in [-0.05, 0) is 29.8 Å². The summed E-state index contributed by atoms with van der Waals surface area (Å²) >= 11 is 0. The van der Waals surface area contributed by atoms with Gasteiger partial charge >= 0.3 is 0 Å². The van der Waals surface area contributed by atoms with E-state index in [0.29, 0.717) is 23.6 Å². The lowest BCUT2D eigenvalue weighted by molar-refractivity contribution is 0.100. The van der Waals surface area contributed by atoms with Crippen molar-refractivity contribution in [2.45, 2.75) is 6.54 Å². The maximum absolute atomic E-state index is 11.6. The van der Waals surface area contributed by atoms with Crippen molar-refractivity contribution in [2.24, 2.45) is 5.73 Å². The molecule has 3 N–H and O–H groups in total. The first-order valence-electron chi connectivity index (χ1n) is 7.24. The highest BCUT2D eigenvalue weighted by Crippen LogP contribution is 2.20. The van der Waals surface area contributed by atoms with Crippen LogP contribution in [0.15, 0.2) is 66.9 Å². The fourth-order valence-corrected chi connectivity index (χ4v) is 2.23. The molecule has 2 heterocycles. The molecule has 0 spiro atoms. The molecule has 0 bridgehead atoms. The Morgan fingerprint density at radius 2 is 1.74 bits per heavy atom. The molecule has 114 valence electrons. The zero-order chi connectivity index (χ0) is 16.1.